The zero-order valence-corrected chi connectivity index (χ0v) is 12.9. The summed E-state index contributed by atoms with van der Waals surface area (Å²) >= 11 is 0. The lowest BCUT2D eigenvalue weighted by Gasteiger charge is -2.16. The maximum atomic E-state index is 10.5. The van der Waals surface area contributed by atoms with Crippen LogP contribution in [0.25, 0.3) is 21.9 Å². The van der Waals surface area contributed by atoms with Crippen LogP contribution < -0.4 is 9.47 Å². The molecule has 3 heteroatoms. The van der Waals surface area contributed by atoms with Crippen molar-refractivity contribution in [3.63, 3.8) is 0 Å². The van der Waals surface area contributed by atoms with Crippen molar-refractivity contribution >= 4 is 10.8 Å². The van der Waals surface area contributed by atoms with Crippen molar-refractivity contribution in [2.24, 2.45) is 0 Å². The molecule has 3 aromatic rings. The molecule has 0 aromatic heterocycles. The maximum Gasteiger partial charge on any atom is 0.134 e. The van der Waals surface area contributed by atoms with Crippen molar-refractivity contribution in [3.05, 3.63) is 54.1 Å². The van der Waals surface area contributed by atoms with E-state index in [9.17, 15) is 5.11 Å². The van der Waals surface area contributed by atoms with E-state index in [1.807, 2.05) is 19.1 Å². The number of fused-ring (bicyclic) bond motifs is 1. The van der Waals surface area contributed by atoms with Crippen LogP contribution in [0.1, 0.15) is 5.56 Å². The van der Waals surface area contributed by atoms with Gasteiger partial charge < -0.3 is 14.6 Å². The van der Waals surface area contributed by atoms with E-state index in [4.69, 9.17) is 9.47 Å². The van der Waals surface area contributed by atoms with E-state index in [0.717, 1.165) is 21.9 Å². The molecule has 0 aliphatic heterocycles. The molecule has 112 valence electrons. The molecule has 0 saturated heterocycles. The van der Waals surface area contributed by atoms with Crippen molar-refractivity contribution in [2.45, 2.75) is 6.92 Å². The third-order valence-corrected chi connectivity index (χ3v) is 3.90. The highest BCUT2D eigenvalue weighted by Crippen LogP contribution is 2.45. The normalized spacial score (nSPS) is 10.7. The lowest BCUT2D eigenvalue weighted by molar-refractivity contribution is 0.387. The van der Waals surface area contributed by atoms with Gasteiger partial charge in [-0.3, -0.25) is 0 Å². The number of benzene rings is 3. The third kappa shape index (κ3) is 2.25. The van der Waals surface area contributed by atoms with Gasteiger partial charge in [0.05, 0.1) is 19.8 Å². The smallest absolute Gasteiger partial charge is 0.134 e. The average molecular weight is 294 g/mol. The fraction of sp³-hybridized carbons (Fsp3) is 0.158. The maximum absolute atomic E-state index is 10.5. The number of aromatic hydroxyl groups is 1. The van der Waals surface area contributed by atoms with Gasteiger partial charge in [-0.15, -0.1) is 0 Å². The van der Waals surface area contributed by atoms with Crippen LogP contribution in [-0.4, -0.2) is 19.3 Å². The van der Waals surface area contributed by atoms with E-state index in [0.29, 0.717) is 17.1 Å². The van der Waals surface area contributed by atoms with Gasteiger partial charge in [-0.2, -0.15) is 0 Å². The molecule has 0 atom stereocenters. The standard InChI is InChI=1S/C19H18O3/c1-12-8-9-13-6-4-5-7-15(13)18(12)19-16(20)10-14(21-2)11-17(19)22-3/h4-11,20H,1-3H3. The molecule has 3 aromatic carbocycles. The van der Waals surface area contributed by atoms with Gasteiger partial charge in [-0.05, 0) is 28.8 Å². The molecule has 3 rings (SSSR count). The van der Waals surface area contributed by atoms with Crippen LogP contribution in [0.4, 0.5) is 0 Å². The largest absolute Gasteiger partial charge is 0.507 e. The molecule has 0 aliphatic rings. The monoisotopic (exact) mass is 294 g/mol. The number of phenolic OH excluding ortho intramolecular Hbond substituents is 1. The Balaban J connectivity index is 2.39. The molecule has 0 unspecified atom stereocenters. The first-order chi connectivity index (χ1) is 10.7. The predicted octanol–water partition coefficient (Wildman–Crippen LogP) is 4.54. The first-order valence-electron chi connectivity index (χ1n) is 7.09. The molecule has 0 bridgehead atoms. The van der Waals surface area contributed by atoms with Gasteiger partial charge in [0.2, 0.25) is 0 Å². The van der Waals surface area contributed by atoms with E-state index in [1.165, 1.54) is 0 Å². The number of rotatable bonds is 3. The summed E-state index contributed by atoms with van der Waals surface area (Å²) in [6.07, 6.45) is 0. The number of aryl methyl sites for hydroxylation is 1. The number of phenols is 1. The van der Waals surface area contributed by atoms with E-state index in [2.05, 4.69) is 24.3 Å². The summed E-state index contributed by atoms with van der Waals surface area (Å²) in [5, 5.41) is 12.7. The molecule has 0 heterocycles. The summed E-state index contributed by atoms with van der Waals surface area (Å²) in [7, 11) is 3.16. The van der Waals surface area contributed by atoms with Crippen molar-refractivity contribution in [1.82, 2.24) is 0 Å². The van der Waals surface area contributed by atoms with Crippen molar-refractivity contribution < 1.29 is 14.6 Å². The number of hydrogen-bond donors (Lipinski definition) is 1. The summed E-state index contributed by atoms with van der Waals surface area (Å²) in [4.78, 5) is 0. The van der Waals surface area contributed by atoms with Crippen LogP contribution in [0.5, 0.6) is 17.2 Å². The fourth-order valence-electron chi connectivity index (χ4n) is 2.82. The second-order valence-corrected chi connectivity index (χ2v) is 5.20. The first kappa shape index (κ1) is 14.3. The highest BCUT2D eigenvalue weighted by Gasteiger charge is 2.18. The quantitative estimate of drug-likeness (QED) is 0.771. The van der Waals surface area contributed by atoms with Gasteiger partial charge in [0, 0.05) is 12.1 Å². The Morgan fingerprint density at radius 3 is 2.36 bits per heavy atom. The molecule has 3 nitrogen and oxygen atoms in total. The number of methoxy groups -OCH3 is 2. The molecule has 1 N–H and O–H groups in total. The van der Waals surface area contributed by atoms with Crippen LogP contribution >= 0.6 is 0 Å². The van der Waals surface area contributed by atoms with Gasteiger partial charge in [0.15, 0.2) is 0 Å². The lowest BCUT2D eigenvalue weighted by atomic mass is 9.92. The minimum Gasteiger partial charge on any atom is -0.507 e. The molecule has 0 fully saturated rings. The highest BCUT2D eigenvalue weighted by atomic mass is 16.5. The summed E-state index contributed by atoms with van der Waals surface area (Å²) < 4.78 is 10.7. The van der Waals surface area contributed by atoms with E-state index in [1.54, 1.807) is 26.4 Å². The molecule has 0 radical (unpaired) electrons. The Bertz CT molecular complexity index is 837. The van der Waals surface area contributed by atoms with Crippen molar-refractivity contribution in [3.8, 4) is 28.4 Å². The Hall–Kier alpha value is -2.68. The van der Waals surface area contributed by atoms with E-state index >= 15 is 0 Å². The topological polar surface area (TPSA) is 38.7 Å². The minimum atomic E-state index is 0.149. The molecule has 22 heavy (non-hydrogen) atoms. The molecule has 0 amide bonds. The highest BCUT2D eigenvalue weighted by molar-refractivity contribution is 6.01. The lowest BCUT2D eigenvalue weighted by Crippen LogP contribution is -1.94. The average Bonchev–Trinajstić information content (AvgIpc) is 2.55. The van der Waals surface area contributed by atoms with Crippen LogP contribution in [0.2, 0.25) is 0 Å². The Morgan fingerprint density at radius 1 is 0.864 bits per heavy atom. The molecular formula is C19H18O3. The van der Waals surface area contributed by atoms with Gasteiger partial charge in [-0.25, -0.2) is 0 Å². The first-order valence-corrected chi connectivity index (χ1v) is 7.09. The van der Waals surface area contributed by atoms with Gasteiger partial charge in [-0.1, -0.05) is 36.4 Å². The fourth-order valence-corrected chi connectivity index (χ4v) is 2.82. The molecule has 0 aliphatic carbocycles. The van der Waals surface area contributed by atoms with E-state index in [-0.39, 0.29) is 5.75 Å². The molecule has 0 spiro atoms. The van der Waals surface area contributed by atoms with Crippen LogP contribution in [0.15, 0.2) is 48.5 Å². The van der Waals surface area contributed by atoms with Crippen LogP contribution in [-0.2, 0) is 0 Å². The van der Waals surface area contributed by atoms with Crippen molar-refractivity contribution in [1.29, 1.82) is 0 Å². The van der Waals surface area contributed by atoms with Crippen molar-refractivity contribution in [2.75, 3.05) is 14.2 Å². The van der Waals surface area contributed by atoms with Gasteiger partial charge in [0.25, 0.3) is 0 Å². The number of ether oxygens (including phenoxy) is 2. The minimum absolute atomic E-state index is 0.149. The zero-order valence-electron chi connectivity index (χ0n) is 12.9. The van der Waals surface area contributed by atoms with Gasteiger partial charge in [0.1, 0.15) is 17.2 Å². The summed E-state index contributed by atoms with van der Waals surface area (Å²) in [6.45, 7) is 2.03. The SMILES string of the molecule is COc1cc(O)c(-c2c(C)ccc3ccccc23)c(OC)c1. The molecular weight excluding hydrogens is 276 g/mol. The van der Waals surface area contributed by atoms with Crippen LogP contribution in [0, 0.1) is 6.92 Å². The summed E-state index contributed by atoms with van der Waals surface area (Å²) in [5.74, 6) is 1.31. The third-order valence-electron chi connectivity index (χ3n) is 3.90. The predicted molar refractivity (Wildman–Crippen MR) is 88.9 cm³/mol. The zero-order chi connectivity index (χ0) is 15.7. The second-order valence-electron chi connectivity index (χ2n) is 5.20. The van der Waals surface area contributed by atoms with E-state index < -0.39 is 0 Å². The molecule has 0 saturated carbocycles. The van der Waals surface area contributed by atoms with Gasteiger partial charge >= 0.3 is 0 Å². The Labute approximate surface area is 129 Å². The number of hydrogen-bond acceptors (Lipinski definition) is 3. The summed E-state index contributed by atoms with van der Waals surface area (Å²) in [6, 6.07) is 15.7. The Morgan fingerprint density at radius 2 is 1.64 bits per heavy atom. The second kappa shape index (κ2) is 5.60. The summed E-state index contributed by atoms with van der Waals surface area (Å²) in [5.41, 5.74) is 2.75. The Kier molecular flexibility index (Phi) is 3.63. The van der Waals surface area contributed by atoms with Crippen LogP contribution in [0.3, 0.4) is 0 Å².